The number of rotatable bonds is 8. The largest absolute Gasteiger partial charge is 0.394 e. The van der Waals surface area contributed by atoms with Crippen molar-refractivity contribution < 1.29 is 5.11 Å². The minimum atomic E-state index is -0.0208. The molecule has 0 bridgehead atoms. The molecule has 0 unspecified atom stereocenters. The van der Waals surface area contributed by atoms with Gasteiger partial charge in [0.1, 0.15) is 0 Å². The van der Waals surface area contributed by atoms with E-state index in [4.69, 9.17) is 0 Å². The zero-order valence-corrected chi connectivity index (χ0v) is 11.9. The van der Waals surface area contributed by atoms with Gasteiger partial charge in [0.25, 0.3) is 0 Å². The smallest absolute Gasteiger partial charge is 0.0620 e. The number of nitrogens with one attached hydrogen (secondary N) is 1. The van der Waals surface area contributed by atoms with Gasteiger partial charge < -0.3 is 10.4 Å². The Morgan fingerprint density at radius 3 is 2.47 bits per heavy atom. The molecule has 1 aromatic rings. The van der Waals surface area contributed by atoms with Gasteiger partial charge in [0, 0.05) is 12.1 Å². The first kappa shape index (κ1) is 15.7. The maximum Gasteiger partial charge on any atom is 0.0620 e. The lowest BCUT2D eigenvalue weighted by atomic mass is 9.99. The summed E-state index contributed by atoms with van der Waals surface area (Å²) in [4.78, 5) is 0. The van der Waals surface area contributed by atoms with Gasteiger partial charge in [-0.05, 0) is 17.9 Å². The quantitative estimate of drug-likeness (QED) is 0.702. The summed E-state index contributed by atoms with van der Waals surface area (Å²) in [6.07, 6.45) is 6.90. The average Bonchev–Trinajstić information content (AvgIpc) is 2.43. The zero-order chi connectivity index (χ0) is 14.1. The number of aliphatic hydroxyl groups is 1. The van der Waals surface area contributed by atoms with Crippen LogP contribution in [0.2, 0.25) is 0 Å². The number of hydrogen-bond acceptors (Lipinski definition) is 2. The molecule has 104 valence electrons. The van der Waals surface area contributed by atoms with Crippen LogP contribution < -0.4 is 5.32 Å². The highest BCUT2D eigenvalue weighted by Gasteiger charge is 2.14. The van der Waals surface area contributed by atoms with E-state index in [2.05, 4.69) is 37.9 Å². The molecule has 2 atom stereocenters. The fraction of sp³-hybridized carbons (Fsp3) is 0.412. The molecule has 2 heteroatoms. The Morgan fingerprint density at radius 1 is 1.26 bits per heavy atom. The number of aliphatic hydroxyl groups excluding tert-OH is 1. The van der Waals surface area contributed by atoms with E-state index in [1.807, 2.05) is 36.4 Å². The van der Waals surface area contributed by atoms with Crippen LogP contribution in [-0.2, 0) is 0 Å². The van der Waals surface area contributed by atoms with Crippen LogP contribution in [0.3, 0.4) is 0 Å². The van der Waals surface area contributed by atoms with Gasteiger partial charge in [-0.3, -0.25) is 0 Å². The molecular formula is C17H25NO. The summed E-state index contributed by atoms with van der Waals surface area (Å²) in [6.45, 7) is 8.24. The Morgan fingerprint density at radius 2 is 1.95 bits per heavy atom. The molecule has 1 aromatic carbocycles. The van der Waals surface area contributed by atoms with Gasteiger partial charge in [0.15, 0.2) is 0 Å². The molecule has 0 aromatic heterocycles. The SMILES string of the molecule is C=CC[C@H](N[C@H](/C=C/c1ccccc1)CO)C(C)C. The van der Waals surface area contributed by atoms with Gasteiger partial charge in [-0.1, -0.05) is 62.4 Å². The second-order valence-electron chi connectivity index (χ2n) is 5.10. The monoisotopic (exact) mass is 259 g/mol. The van der Waals surface area contributed by atoms with Crippen molar-refractivity contribution in [2.45, 2.75) is 32.4 Å². The van der Waals surface area contributed by atoms with E-state index in [9.17, 15) is 5.11 Å². The summed E-state index contributed by atoms with van der Waals surface area (Å²) in [5.41, 5.74) is 1.15. The van der Waals surface area contributed by atoms with E-state index in [0.717, 1.165) is 12.0 Å². The van der Waals surface area contributed by atoms with Gasteiger partial charge in [-0.25, -0.2) is 0 Å². The third-order valence-electron chi connectivity index (χ3n) is 3.17. The van der Waals surface area contributed by atoms with Crippen molar-refractivity contribution in [2.75, 3.05) is 6.61 Å². The molecule has 0 fully saturated rings. The predicted octanol–water partition coefficient (Wildman–Crippen LogP) is 3.25. The van der Waals surface area contributed by atoms with E-state index in [1.165, 1.54) is 0 Å². The van der Waals surface area contributed by atoms with Crippen molar-refractivity contribution in [3.05, 3.63) is 54.6 Å². The van der Waals surface area contributed by atoms with Gasteiger partial charge in [0.05, 0.1) is 6.61 Å². The van der Waals surface area contributed by atoms with Gasteiger partial charge in [-0.2, -0.15) is 0 Å². The summed E-state index contributed by atoms with van der Waals surface area (Å²) in [6, 6.07) is 10.4. The van der Waals surface area contributed by atoms with Crippen LogP contribution in [0.25, 0.3) is 6.08 Å². The van der Waals surface area contributed by atoms with E-state index in [0.29, 0.717) is 12.0 Å². The van der Waals surface area contributed by atoms with Gasteiger partial charge >= 0.3 is 0 Å². The van der Waals surface area contributed by atoms with Crippen LogP contribution in [0.1, 0.15) is 25.8 Å². The minimum absolute atomic E-state index is 0.0208. The number of benzene rings is 1. The van der Waals surface area contributed by atoms with Crippen molar-refractivity contribution in [2.24, 2.45) is 5.92 Å². The highest BCUT2D eigenvalue weighted by molar-refractivity contribution is 5.49. The minimum Gasteiger partial charge on any atom is -0.394 e. The first-order valence-corrected chi connectivity index (χ1v) is 6.88. The van der Waals surface area contributed by atoms with Crippen molar-refractivity contribution in [3.8, 4) is 0 Å². The van der Waals surface area contributed by atoms with Crippen molar-refractivity contribution in [1.82, 2.24) is 5.32 Å². The first-order valence-electron chi connectivity index (χ1n) is 6.88. The lowest BCUT2D eigenvalue weighted by Crippen LogP contribution is -2.42. The molecule has 0 aliphatic heterocycles. The lowest BCUT2D eigenvalue weighted by Gasteiger charge is -2.25. The maximum atomic E-state index is 9.46. The van der Waals surface area contributed by atoms with E-state index < -0.39 is 0 Å². The number of hydrogen-bond donors (Lipinski definition) is 2. The fourth-order valence-corrected chi connectivity index (χ4v) is 1.95. The standard InChI is InChI=1S/C17H25NO/c1-4-8-17(14(2)3)18-16(13-19)12-11-15-9-6-5-7-10-15/h4-7,9-12,14,16-19H,1,8,13H2,2-3H3/b12-11+/t16-,17+/m1/s1. The Labute approximate surface area is 116 Å². The topological polar surface area (TPSA) is 32.3 Å². The van der Waals surface area contributed by atoms with Crippen LogP contribution >= 0.6 is 0 Å². The molecule has 0 radical (unpaired) electrons. The highest BCUT2D eigenvalue weighted by atomic mass is 16.3. The summed E-state index contributed by atoms with van der Waals surface area (Å²) in [5.74, 6) is 0.511. The van der Waals surface area contributed by atoms with Crippen LogP contribution in [0.4, 0.5) is 0 Å². The van der Waals surface area contributed by atoms with Crippen LogP contribution in [0, 0.1) is 5.92 Å². The van der Waals surface area contributed by atoms with E-state index >= 15 is 0 Å². The Kier molecular flexibility index (Phi) is 7.16. The summed E-state index contributed by atoms with van der Waals surface area (Å²) < 4.78 is 0. The molecule has 0 spiro atoms. The molecule has 1 rings (SSSR count). The molecule has 0 saturated carbocycles. The van der Waals surface area contributed by atoms with Crippen molar-refractivity contribution in [1.29, 1.82) is 0 Å². The summed E-state index contributed by atoms with van der Waals surface area (Å²) in [7, 11) is 0. The first-order chi connectivity index (χ1) is 9.17. The fourth-order valence-electron chi connectivity index (χ4n) is 1.95. The molecular weight excluding hydrogens is 234 g/mol. The Balaban J connectivity index is 2.62. The summed E-state index contributed by atoms with van der Waals surface area (Å²) in [5, 5.41) is 12.9. The summed E-state index contributed by atoms with van der Waals surface area (Å²) >= 11 is 0. The Hall–Kier alpha value is -1.38. The van der Waals surface area contributed by atoms with Crippen molar-refractivity contribution in [3.63, 3.8) is 0 Å². The molecule has 0 aliphatic rings. The van der Waals surface area contributed by atoms with Crippen LogP contribution in [-0.4, -0.2) is 23.8 Å². The molecule has 2 nitrogen and oxygen atoms in total. The second-order valence-corrected chi connectivity index (χ2v) is 5.10. The third kappa shape index (κ3) is 5.86. The lowest BCUT2D eigenvalue weighted by molar-refractivity contribution is 0.243. The predicted molar refractivity (Wildman–Crippen MR) is 82.9 cm³/mol. The second kappa shape index (κ2) is 8.68. The molecule has 0 amide bonds. The van der Waals surface area contributed by atoms with E-state index in [1.54, 1.807) is 0 Å². The molecule has 0 heterocycles. The normalized spacial score (nSPS) is 14.7. The highest BCUT2D eigenvalue weighted by Crippen LogP contribution is 2.09. The Bertz CT molecular complexity index is 384. The third-order valence-corrected chi connectivity index (χ3v) is 3.17. The van der Waals surface area contributed by atoms with Crippen LogP contribution in [0.15, 0.2) is 49.1 Å². The molecule has 19 heavy (non-hydrogen) atoms. The van der Waals surface area contributed by atoms with E-state index in [-0.39, 0.29) is 12.6 Å². The van der Waals surface area contributed by atoms with Gasteiger partial charge in [-0.15, -0.1) is 6.58 Å². The molecule has 0 aliphatic carbocycles. The van der Waals surface area contributed by atoms with Crippen LogP contribution in [0.5, 0.6) is 0 Å². The van der Waals surface area contributed by atoms with Gasteiger partial charge in [0.2, 0.25) is 0 Å². The molecule has 0 saturated heterocycles. The zero-order valence-electron chi connectivity index (χ0n) is 11.9. The average molecular weight is 259 g/mol. The maximum absolute atomic E-state index is 9.46. The van der Waals surface area contributed by atoms with Crippen molar-refractivity contribution >= 4 is 6.08 Å². The molecule has 2 N–H and O–H groups in total.